The third-order valence-electron chi connectivity index (χ3n) is 2.99. The lowest BCUT2D eigenvalue weighted by Gasteiger charge is -2.19. The maximum absolute atomic E-state index is 9.60. The quantitative estimate of drug-likeness (QED) is 0.914. The van der Waals surface area contributed by atoms with Crippen LogP contribution >= 0.6 is 0 Å². The second-order valence-corrected chi connectivity index (χ2v) is 4.75. The van der Waals surface area contributed by atoms with Crippen LogP contribution in [-0.2, 0) is 6.54 Å². The molecule has 0 unspecified atom stereocenters. The maximum Gasteiger partial charge on any atom is 0.128 e. The van der Waals surface area contributed by atoms with E-state index in [1.54, 1.807) is 13.1 Å². The minimum Gasteiger partial charge on any atom is -0.389 e. The molecule has 1 N–H and O–H groups in total. The molecule has 0 saturated heterocycles. The van der Waals surface area contributed by atoms with Gasteiger partial charge in [0, 0.05) is 18.9 Å². The lowest BCUT2D eigenvalue weighted by atomic mass is 10.1. The van der Waals surface area contributed by atoms with E-state index < -0.39 is 6.10 Å². The fourth-order valence-corrected chi connectivity index (χ4v) is 1.91. The highest BCUT2D eigenvalue weighted by Crippen LogP contribution is 2.18. The fraction of sp³-hybridized carbons (Fsp3) is 0.333. The van der Waals surface area contributed by atoms with E-state index in [2.05, 4.69) is 9.97 Å². The molecule has 0 fully saturated rings. The molecule has 2 heterocycles. The Morgan fingerprint density at radius 1 is 1.32 bits per heavy atom. The maximum atomic E-state index is 9.60. The molecule has 2 aromatic rings. The van der Waals surface area contributed by atoms with E-state index in [0.717, 1.165) is 22.8 Å². The highest BCUT2D eigenvalue weighted by atomic mass is 16.3. The summed E-state index contributed by atoms with van der Waals surface area (Å²) in [5.41, 5.74) is 2.89. The van der Waals surface area contributed by atoms with Crippen molar-refractivity contribution in [2.24, 2.45) is 0 Å². The summed E-state index contributed by atoms with van der Waals surface area (Å²) in [5, 5.41) is 9.60. The standard InChI is InChI=1S/C15H19N3O/c1-11-5-4-6-14(17-11)10-18(3)15-9-13(12(2)19)7-8-16-15/h4-9,12,19H,10H2,1-3H3/t12-/m0/s1. The second-order valence-electron chi connectivity index (χ2n) is 4.75. The van der Waals surface area contributed by atoms with Crippen molar-refractivity contribution in [2.75, 3.05) is 11.9 Å². The number of pyridine rings is 2. The van der Waals surface area contributed by atoms with Crippen LogP contribution in [0.1, 0.15) is 30.0 Å². The Hall–Kier alpha value is -1.94. The first kappa shape index (κ1) is 13.5. The van der Waals surface area contributed by atoms with Gasteiger partial charge in [-0.15, -0.1) is 0 Å². The van der Waals surface area contributed by atoms with Gasteiger partial charge in [-0.1, -0.05) is 6.07 Å². The minimum atomic E-state index is -0.479. The van der Waals surface area contributed by atoms with Crippen molar-refractivity contribution in [3.05, 3.63) is 53.5 Å². The van der Waals surface area contributed by atoms with Crippen LogP contribution in [0.4, 0.5) is 5.82 Å². The summed E-state index contributed by atoms with van der Waals surface area (Å²) in [5.74, 6) is 0.835. The largest absolute Gasteiger partial charge is 0.389 e. The Morgan fingerprint density at radius 3 is 2.79 bits per heavy atom. The highest BCUT2D eigenvalue weighted by Gasteiger charge is 2.07. The zero-order valence-electron chi connectivity index (χ0n) is 11.5. The summed E-state index contributed by atoms with van der Waals surface area (Å²) in [7, 11) is 1.97. The van der Waals surface area contributed by atoms with E-state index >= 15 is 0 Å². The van der Waals surface area contributed by atoms with Crippen LogP contribution in [0.25, 0.3) is 0 Å². The number of aliphatic hydroxyl groups excluding tert-OH is 1. The minimum absolute atomic E-state index is 0.479. The Labute approximate surface area is 113 Å². The van der Waals surface area contributed by atoms with Crippen molar-refractivity contribution < 1.29 is 5.11 Å². The zero-order valence-corrected chi connectivity index (χ0v) is 11.5. The van der Waals surface area contributed by atoms with Gasteiger partial charge in [-0.2, -0.15) is 0 Å². The van der Waals surface area contributed by atoms with E-state index in [1.165, 1.54) is 0 Å². The van der Waals surface area contributed by atoms with Crippen LogP contribution in [0.5, 0.6) is 0 Å². The summed E-state index contributed by atoms with van der Waals surface area (Å²) in [6.07, 6.45) is 1.24. The Morgan fingerprint density at radius 2 is 2.11 bits per heavy atom. The predicted octanol–water partition coefficient (Wildman–Crippen LogP) is 2.47. The van der Waals surface area contributed by atoms with Crippen molar-refractivity contribution in [1.82, 2.24) is 9.97 Å². The molecule has 0 saturated carbocycles. The van der Waals surface area contributed by atoms with Gasteiger partial charge in [0.15, 0.2) is 0 Å². The van der Waals surface area contributed by atoms with Gasteiger partial charge in [-0.3, -0.25) is 4.98 Å². The summed E-state index contributed by atoms with van der Waals surface area (Å²) in [6, 6.07) is 9.72. The molecule has 2 aromatic heterocycles. The van der Waals surface area contributed by atoms with Crippen LogP contribution in [0.15, 0.2) is 36.5 Å². The van der Waals surface area contributed by atoms with Crippen LogP contribution in [-0.4, -0.2) is 22.1 Å². The number of nitrogens with zero attached hydrogens (tertiary/aromatic N) is 3. The Kier molecular flexibility index (Phi) is 4.12. The Bertz CT molecular complexity index is 555. The molecule has 1 atom stereocenters. The van der Waals surface area contributed by atoms with Crippen LogP contribution < -0.4 is 4.90 Å². The van der Waals surface area contributed by atoms with Crippen LogP contribution in [0.3, 0.4) is 0 Å². The van der Waals surface area contributed by atoms with Gasteiger partial charge in [-0.25, -0.2) is 4.98 Å². The van der Waals surface area contributed by atoms with E-state index in [-0.39, 0.29) is 0 Å². The zero-order chi connectivity index (χ0) is 13.8. The molecule has 0 radical (unpaired) electrons. The van der Waals surface area contributed by atoms with Gasteiger partial charge in [0.05, 0.1) is 18.3 Å². The van der Waals surface area contributed by atoms with Crippen molar-refractivity contribution in [3.63, 3.8) is 0 Å². The molecule has 100 valence electrons. The molecule has 4 nitrogen and oxygen atoms in total. The number of anilines is 1. The molecule has 0 aliphatic heterocycles. The van der Waals surface area contributed by atoms with Gasteiger partial charge in [-0.05, 0) is 43.7 Å². The lowest BCUT2D eigenvalue weighted by molar-refractivity contribution is 0.199. The molecule has 2 rings (SSSR count). The third-order valence-corrected chi connectivity index (χ3v) is 2.99. The number of rotatable bonds is 4. The van der Waals surface area contributed by atoms with Gasteiger partial charge < -0.3 is 10.0 Å². The van der Waals surface area contributed by atoms with Crippen LogP contribution in [0, 0.1) is 6.92 Å². The molecule has 19 heavy (non-hydrogen) atoms. The van der Waals surface area contributed by atoms with E-state index in [9.17, 15) is 5.11 Å². The summed E-state index contributed by atoms with van der Waals surface area (Å²) in [4.78, 5) is 10.8. The lowest BCUT2D eigenvalue weighted by Crippen LogP contribution is -2.18. The molecule has 0 amide bonds. The molecule has 0 aliphatic carbocycles. The smallest absolute Gasteiger partial charge is 0.128 e. The predicted molar refractivity (Wildman–Crippen MR) is 76.0 cm³/mol. The van der Waals surface area contributed by atoms with E-state index in [0.29, 0.717) is 6.54 Å². The van der Waals surface area contributed by atoms with Crippen molar-refractivity contribution >= 4 is 5.82 Å². The monoisotopic (exact) mass is 257 g/mol. The molecule has 0 aliphatic rings. The van der Waals surface area contributed by atoms with Gasteiger partial charge in [0.1, 0.15) is 5.82 Å². The molecule has 0 spiro atoms. The van der Waals surface area contributed by atoms with Gasteiger partial charge in [0.25, 0.3) is 0 Å². The number of hydrogen-bond donors (Lipinski definition) is 1. The van der Waals surface area contributed by atoms with Gasteiger partial charge >= 0.3 is 0 Å². The fourth-order valence-electron chi connectivity index (χ4n) is 1.91. The molecular formula is C15H19N3O. The van der Waals surface area contributed by atoms with E-state index in [1.807, 2.05) is 49.2 Å². The highest BCUT2D eigenvalue weighted by molar-refractivity contribution is 5.41. The first-order valence-corrected chi connectivity index (χ1v) is 6.34. The number of aliphatic hydroxyl groups is 1. The average molecular weight is 257 g/mol. The van der Waals surface area contributed by atoms with Gasteiger partial charge in [0.2, 0.25) is 0 Å². The first-order valence-electron chi connectivity index (χ1n) is 6.34. The molecular weight excluding hydrogens is 238 g/mol. The van der Waals surface area contributed by atoms with Crippen molar-refractivity contribution in [3.8, 4) is 0 Å². The molecule has 4 heteroatoms. The number of aryl methyl sites for hydroxylation is 1. The Balaban J connectivity index is 2.15. The van der Waals surface area contributed by atoms with Crippen molar-refractivity contribution in [2.45, 2.75) is 26.5 Å². The topological polar surface area (TPSA) is 49.2 Å². The number of hydrogen-bond acceptors (Lipinski definition) is 4. The average Bonchev–Trinajstić information content (AvgIpc) is 2.39. The second kappa shape index (κ2) is 5.80. The van der Waals surface area contributed by atoms with Crippen molar-refractivity contribution in [1.29, 1.82) is 0 Å². The summed E-state index contributed by atoms with van der Waals surface area (Å²) >= 11 is 0. The van der Waals surface area contributed by atoms with Crippen LogP contribution in [0.2, 0.25) is 0 Å². The molecule has 0 bridgehead atoms. The summed E-state index contributed by atoms with van der Waals surface area (Å²) in [6.45, 7) is 4.43. The van der Waals surface area contributed by atoms with E-state index in [4.69, 9.17) is 0 Å². The third kappa shape index (κ3) is 3.51. The SMILES string of the molecule is Cc1cccc(CN(C)c2cc([C@H](C)O)ccn2)n1. The number of aromatic nitrogens is 2. The summed E-state index contributed by atoms with van der Waals surface area (Å²) < 4.78 is 0. The first-order chi connectivity index (χ1) is 9.06. The normalized spacial score (nSPS) is 12.2. The molecule has 0 aromatic carbocycles.